The third-order valence-electron chi connectivity index (χ3n) is 2.17. The van der Waals surface area contributed by atoms with Crippen LogP contribution in [0.15, 0.2) is 5.10 Å². The molecule has 0 radical (unpaired) electrons. The molecule has 0 aliphatic carbocycles. The van der Waals surface area contributed by atoms with Crippen molar-refractivity contribution in [3.63, 3.8) is 0 Å². The lowest BCUT2D eigenvalue weighted by atomic mass is 10.2. The number of hydrogen-bond acceptors (Lipinski definition) is 5. The zero-order chi connectivity index (χ0) is 10.9. The van der Waals surface area contributed by atoms with Gasteiger partial charge in [-0.15, -0.1) is 0 Å². The summed E-state index contributed by atoms with van der Waals surface area (Å²) >= 11 is 1.62. The Labute approximate surface area is 90.5 Å². The SMILES string of the molecule is CC(C)N(C1=NN(C)C(N)S1)C(C)C. The Hall–Kier alpha value is -0.420. The van der Waals surface area contributed by atoms with Gasteiger partial charge in [-0.25, -0.2) is 0 Å². The zero-order valence-corrected chi connectivity index (χ0v) is 10.4. The Bertz CT molecular complexity index is 219. The standard InChI is InChI=1S/C9H20N4S/c1-6(2)13(7(3)4)9-11-12(5)8(10)14-9/h6-8H,10H2,1-5H3. The molecular weight excluding hydrogens is 196 g/mol. The highest BCUT2D eigenvalue weighted by molar-refractivity contribution is 8.14. The Balaban J connectivity index is 2.76. The Kier molecular flexibility index (Phi) is 3.66. The summed E-state index contributed by atoms with van der Waals surface area (Å²) in [6, 6.07) is 0.917. The highest BCUT2D eigenvalue weighted by atomic mass is 32.2. The summed E-state index contributed by atoms with van der Waals surface area (Å²) in [7, 11) is 1.91. The van der Waals surface area contributed by atoms with Crippen LogP contribution in [0.3, 0.4) is 0 Å². The average Bonchev–Trinajstić information content (AvgIpc) is 2.29. The average molecular weight is 216 g/mol. The predicted molar refractivity (Wildman–Crippen MR) is 62.9 cm³/mol. The van der Waals surface area contributed by atoms with Crippen molar-refractivity contribution in [1.82, 2.24) is 9.91 Å². The van der Waals surface area contributed by atoms with Gasteiger partial charge in [0.15, 0.2) is 5.17 Å². The third-order valence-corrected chi connectivity index (χ3v) is 3.22. The second kappa shape index (κ2) is 4.40. The number of nitrogens with zero attached hydrogens (tertiary/aromatic N) is 3. The molecule has 0 aromatic carbocycles. The van der Waals surface area contributed by atoms with Crippen LogP contribution in [0.4, 0.5) is 0 Å². The number of nitrogens with two attached hydrogens (primary N) is 1. The van der Waals surface area contributed by atoms with Crippen molar-refractivity contribution >= 4 is 16.9 Å². The quantitative estimate of drug-likeness (QED) is 0.755. The lowest BCUT2D eigenvalue weighted by Crippen LogP contribution is -2.40. The number of amidine groups is 1. The molecule has 0 saturated carbocycles. The first-order valence-corrected chi connectivity index (χ1v) is 5.83. The van der Waals surface area contributed by atoms with Crippen molar-refractivity contribution in [1.29, 1.82) is 0 Å². The number of hydrogen-bond donors (Lipinski definition) is 1. The molecule has 14 heavy (non-hydrogen) atoms. The third kappa shape index (κ3) is 2.33. The fourth-order valence-electron chi connectivity index (χ4n) is 1.55. The minimum atomic E-state index is -0.0370. The van der Waals surface area contributed by atoms with Gasteiger partial charge in [0.1, 0.15) is 5.50 Å². The van der Waals surface area contributed by atoms with E-state index in [4.69, 9.17) is 5.73 Å². The molecule has 2 N–H and O–H groups in total. The normalized spacial score (nSPS) is 22.1. The molecular formula is C9H20N4S. The maximum Gasteiger partial charge on any atom is 0.187 e. The largest absolute Gasteiger partial charge is 0.345 e. The molecule has 1 heterocycles. The van der Waals surface area contributed by atoms with Crippen LogP contribution in [0.2, 0.25) is 0 Å². The molecule has 1 rings (SSSR count). The van der Waals surface area contributed by atoms with Gasteiger partial charge in [-0.1, -0.05) is 0 Å². The first kappa shape index (κ1) is 11.7. The van der Waals surface area contributed by atoms with E-state index in [2.05, 4.69) is 37.7 Å². The molecule has 1 unspecified atom stereocenters. The summed E-state index contributed by atoms with van der Waals surface area (Å²) in [4.78, 5) is 2.29. The van der Waals surface area contributed by atoms with Crippen molar-refractivity contribution in [2.75, 3.05) is 7.05 Å². The lowest BCUT2D eigenvalue weighted by molar-refractivity contribution is 0.286. The summed E-state index contributed by atoms with van der Waals surface area (Å²) in [6.45, 7) is 8.69. The molecule has 0 aromatic heterocycles. The van der Waals surface area contributed by atoms with E-state index < -0.39 is 0 Å². The van der Waals surface area contributed by atoms with Crippen molar-refractivity contribution < 1.29 is 0 Å². The van der Waals surface area contributed by atoms with Crippen LogP contribution in [-0.2, 0) is 0 Å². The predicted octanol–water partition coefficient (Wildman–Crippen LogP) is 1.30. The van der Waals surface area contributed by atoms with Crippen molar-refractivity contribution in [3.05, 3.63) is 0 Å². The molecule has 1 atom stereocenters. The molecule has 82 valence electrons. The second-order valence-corrected chi connectivity index (χ2v) is 5.14. The van der Waals surface area contributed by atoms with Gasteiger partial charge in [0.05, 0.1) is 0 Å². The number of rotatable bonds is 2. The molecule has 0 bridgehead atoms. The molecule has 0 saturated heterocycles. The fraction of sp³-hybridized carbons (Fsp3) is 0.889. The smallest absolute Gasteiger partial charge is 0.187 e. The van der Waals surface area contributed by atoms with Crippen molar-refractivity contribution in [3.8, 4) is 0 Å². The minimum absolute atomic E-state index is 0.0370. The van der Waals surface area contributed by atoms with Gasteiger partial charge in [0, 0.05) is 19.1 Å². The van der Waals surface area contributed by atoms with Crippen LogP contribution in [0, 0.1) is 0 Å². The van der Waals surface area contributed by atoms with Gasteiger partial charge >= 0.3 is 0 Å². The van der Waals surface area contributed by atoms with Crippen LogP contribution in [0.25, 0.3) is 0 Å². The molecule has 0 aromatic rings. The minimum Gasteiger partial charge on any atom is -0.345 e. The number of hydrazone groups is 1. The summed E-state index contributed by atoms with van der Waals surface area (Å²) in [5.41, 5.74) is 5.82. The Morgan fingerprint density at radius 2 is 1.86 bits per heavy atom. The van der Waals surface area contributed by atoms with Gasteiger partial charge in [0.25, 0.3) is 0 Å². The number of thioether (sulfide) groups is 1. The van der Waals surface area contributed by atoms with Gasteiger partial charge in [0.2, 0.25) is 0 Å². The maximum absolute atomic E-state index is 5.85. The van der Waals surface area contributed by atoms with Crippen molar-refractivity contribution in [2.45, 2.75) is 45.3 Å². The summed E-state index contributed by atoms with van der Waals surface area (Å²) < 4.78 is 0. The van der Waals surface area contributed by atoms with E-state index in [1.807, 2.05) is 7.05 Å². The highest BCUT2D eigenvalue weighted by Crippen LogP contribution is 2.25. The topological polar surface area (TPSA) is 44.9 Å². The summed E-state index contributed by atoms with van der Waals surface area (Å²) in [5.74, 6) is 0. The second-order valence-electron chi connectivity index (χ2n) is 4.06. The van der Waals surface area contributed by atoms with Crippen LogP contribution in [0.1, 0.15) is 27.7 Å². The molecule has 5 heteroatoms. The Morgan fingerprint density at radius 1 is 1.36 bits per heavy atom. The van der Waals surface area contributed by atoms with E-state index >= 15 is 0 Å². The van der Waals surface area contributed by atoms with Crippen molar-refractivity contribution in [2.24, 2.45) is 10.8 Å². The van der Waals surface area contributed by atoms with Crippen LogP contribution in [0.5, 0.6) is 0 Å². The van der Waals surface area contributed by atoms with Crippen LogP contribution in [-0.4, -0.2) is 39.7 Å². The molecule has 0 fully saturated rings. The van der Waals surface area contributed by atoms with Gasteiger partial charge in [-0.3, -0.25) is 5.01 Å². The van der Waals surface area contributed by atoms with Crippen LogP contribution < -0.4 is 5.73 Å². The molecule has 0 spiro atoms. The summed E-state index contributed by atoms with van der Waals surface area (Å²) in [6.07, 6.45) is 0. The van der Waals surface area contributed by atoms with Gasteiger partial charge in [-0.05, 0) is 39.5 Å². The van der Waals surface area contributed by atoms with Gasteiger partial charge in [-0.2, -0.15) is 5.10 Å². The van der Waals surface area contributed by atoms with E-state index in [1.165, 1.54) is 0 Å². The maximum atomic E-state index is 5.85. The van der Waals surface area contributed by atoms with E-state index in [0.29, 0.717) is 12.1 Å². The lowest BCUT2D eigenvalue weighted by Gasteiger charge is -2.31. The monoisotopic (exact) mass is 216 g/mol. The highest BCUT2D eigenvalue weighted by Gasteiger charge is 2.28. The Morgan fingerprint density at radius 3 is 2.14 bits per heavy atom. The zero-order valence-electron chi connectivity index (χ0n) is 9.56. The fourth-order valence-corrected chi connectivity index (χ4v) is 2.69. The van der Waals surface area contributed by atoms with E-state index in [0.717, 1.165) is 5.17 Å². The molecule has 4 nitrogen and oxygen atoms in total. The van der Waals surface area contributed by atoms with Gasteiger partial charge < -0.3 is 10.6 Å². The van der Waals surface area contributed by atoms with E-state index in [1.54, 1.807) is 16.8 Å². The molecule has 1 aliphatic heterocycles. The first-order valence-electron chi connectivity index (χ1n) is 4.95. The summed E-state index contributed by atoms with van der Waals surface area (Å²) in [5, 5.41) is 7.26. The molecule has 0 amide bonds. The molecule has 1 aliphatic rings. The van der Waals surface area contributed by atoms with E-state index in [9.17, 15) is 0 Å². The van der Waals surface area contributed by atoms with Crippen LogP contribution >= 0.6 is 11.8 Å². The van der Waals surface area contributed by atoms with E-state index in [-0.39, 0.29) is 5.50 Å². The first-order chi connectivity index (χ1) is 6.43.